The largest absolute Gasteiger partial charge is 0.347 e. The van der Waals surface area contributed by atoms with Gasteiger partial charge in [-0.25, -0.2) is 26.6 Å². The summed E-state index contributed by atoms with van der Waals surface area (Å²) in [6, 6.07) is 0.697. The number of likely N-dealkylation sites (N-methyl/N-ethyl adjacent to an activating group) is 1. The van der Waals surface area contributed by atoms with Gasteiger partial charge in [0, 0.05) is 32.0 Å². The van der Waals surface area contributed by atoms with Gasteiger partial charge in [-0.15, -0.1) is 0 Å². The first kappa shape index (κ1) is 17.9. The summed E-state index contributed by atoms with van der Waals surface area (Å²) in [6.07, 6.45) is 3.21. The Morgan fingerprint density at radius 2 is 1.92 bits per heavy atom. The molecule has 1 atom stereocenters. The van der Waals surface area contributed by atoms with E-state index in [9.17, 15) is 21.6 Å². The number of imidazole rings is 1. The van der Waals surface area contributed by atoms with Crippen LogP contribution in [0.1, 0.15) is 18.8 Å². The van der Waals surface area contributed by atoms with Crippen molar-refractivity contribution in [1.29, 1.82) is 0 Å². The molecule has 1 aliphatic rings. The van der Waals surface area contributed by atoms with Crippen molar-refractivity contribution >= 4 is 10.0 Å². The second kappa shape index (κ2) is 6.77. The molecule has 0 radical (unpaired) electrons. The van der Waals surface area contributed by atoms with Crippen LogP contribution in [-0.4, -0.2) is 53.8 Å². The zero-order valence-electron chi connectivity index (χ0n) is 13.4. The highest BCUT2D eigenvalue weighted by Crippen LogP contribution is 2.28. The number of piperazine rings is 1. The Kier molecular flexibility index (Phi) is 4.85. The summed E-state index contributed by atoms with van der Waals surface area (Å²) in [5.74, 6) is -4.15. The first-order chi connectivity index (χ1) is 11.8. The van der Waals surface area contributed by atoms with Gasteiger partial charge in [0.15, 0.2) is 17.5 Å². The first-order valence-electron chi connectivity index (χ1n) is 7.72. The first-order valence-corrected chi connectivity index (χ1v) is 9.16. The van der Waals surface area contributed by atoms with Crippen LogP contribution in [0.15, 0.2) is 29.4 Å². The summed E-state index contributed by atoms with van der Waals surface area (Å²) < 4.78 is 66.6. The summed E-state index contributed by atoms with van der Waals surface area (Å²) in [4.78, 5) is 8.59. The molecule has 1 aromatic heterocycles. The molecule has 0 bridgehead atoms. The third-order valence-corrected chi connectivity index (χ3v) is 6.13. The van der Waals surface area contributed by atoms with Crippen LogP contribution in [0.3, 0.4) is 0 Å². The van der Waals surface area contributed by atoms with E-state index in [1.165, 1.54) is 0 Å². The number of aromatic amines is 1. The quantitative estimate of drug-likeness (QED) is 0.830. The number of H-pyrrole nitrogens is 1. The van der Waals surface area contributed by atoms with E-state index in [4.69, 9.17) is 0 Å². The molecule has 1 aliphatic heterocycles. The molecule has 136 valence electrons. The second-order valence-corrected chi connectivity index (χ2v) is 7.62. The average Bonchev–Trinajstić information content (AvgIpc) is 3.13. The summed E-state index contributed by atoms with van der Waals surface area (Å²) in [6.45, 7) is 3.31. The van der Waals surface area contributed by atoms with E-state index in [1.54, 1.807) is 12.4 Å². The third-order valence-electron chi connectivity index (χ3n) is 4.29. The molecule has 0 unspecified atom stereocenters. The number of benzene rings is 1. The van der Waals surface area contributed by atoms with Crippen molar-refractivity contribution < 1.29 is 21.6 Å². The minimum absolute atomic E-state index is 0.0737. The third kappa shape index (κ3) is 3.29. The van der Waals surface area contributed by atoms with Crippen molar-refractivity contribution in [1.82, 2.24) is 19.2 Å². The maximum absolute atomic E-state index is 13.4. The van der Waals surface area contributed by atoms with Crippen LogP contribution in [0.25, 0.3) is 0 Å². The van der Waals surface area contributed by atoms with Crippen LogP contribution in [0.5, 0.6) is 0 Å². The van der Waals surface area contributed by atoms with Gasteiger partial charge in [0.05, 0.1) is 10.9 Å². The lowest BCUT2D eigenvalue weighted by Crippen LogP contribution is -2.50. The Bertz CT molecular complexity index is 835. The van der Waals surface area contributed by atoms with Crippen LogP contribution >= 0.6 is 0 Å². The highest BCUT2D eigenvalue weighted by Gasteiger charge is 2.36. The maximum Gasteiger partial charge on any atom is 0.243 e. The highest BCUT2D eigenvalue weighted by atomic mass is 32.2. The van der Waals surface area contributed by atoms with Crippen molar-refractivity contribution in [2.45, 2.75) is 17.9 Å². The van der Waals surface area contributed by atoms with E-state index >= 15 is 0 Å². The van der Waals surface area contributed by atoms with Gasteiger partial charge in [-0.2, -0.15) is 4.31 Å². The van der Waals surface area contributed by atoms with Crippen LogP contribution in [0.4, 0.5) is 13.2 Å². The van der Waals surface area contributed by atoms with E-state index in [0.717, 1.165) is 4.31 Å². The number of rotatable bonds is 4. The fourth-order valence-corrected chi connectivity index (χ4v) is 4.40. The van der Waals surface area contributed by atoms with Crippen LogP contribution in [0.2, 0.25) is 0 Å². The van der Waals surface area contributed by atoms with E-state index in [2.05, 4.69) is 14.9 Å². The lowest BCUT2D eigenvalue weighted by molar-refractivity contribution is 0.119. The minimum Gasteiger partial charge on any atom is -0.347 e. The summed E-state index contributed by atoms with van der Waals surface area (Å²) >= 11 is 0. The van der Waals surface area contributed by atoms with E-state index < -0.39 is 32.4 Å². The van der Waals surface area contributed by atoms with Crippen molar-refractivity contribution in [2.24, 2.45) is 0 Å². The second-order valence-electron chi connectivity index (χ2n) is 5.68. The SMILES string of the molecule is CCN1CCN(S(=O)(=O)c2cc(F)c(F)c(F)c2)C[C@@H]1c1ncc[nH]1. The fraction of sp³-hybridized carbons (Fsp3) is 0.400. The summed E-state index contributed by atoms with van der Waals surface area (Å²) in [5.41, 5.74) is 0. The normalized spacial score (nSPS) is 20.1. The predicted molar refractivity (Wildman–Crippen MR) is 83.7 cm³/mol. The van der Waals surface area contributed by atoms with E-state index in [1.807, 2.05) is 6.92 Å². The molecule has 2 heterocycles. The number of hydrogen-bond acceptors (Lipinski definition) is 4. The Balaban J connectivity index is 1.93. The zero-order chi connectivity index (χ0) is 18.2. The molecule has 0 aliphatic carbocycles. The Labute approximate surface area is 143 Å². The molecule has 3 rings (SSSR count). The smallest absolute Gasteiger partial charge is 0.243 e. The van der Waals surface area contributed by atoms with Crippen LogP contribution < -0.4 is 0 Å². The van der Waals surface area contributed by atoms with Gasteiger partial charge in [0.2, 0.25) is 10.0 Å². The summed E-state index contributed by atoms with van der Waals surface area (Å²) in [7, 11) is -4.16. The van der Waals surface area contributed by atoms with E-state index in [0.29, 0.717) is 31.0 Å². The molecule has 6 nitrogen and oxygen atoms in total. The molecule has 10 heteroatoms. The van der Waals surface area contributed by atoms with Gasteiger partial charge < -0.3 is 4.98 Å². The van der Waals surface area contributed by atoms with Gasteiger partial charge in [-0.1, -0.05) is 6.92 Å². The minimum atomic E-state index is -4.16. The van der Waals surface area contributed by atoms with Crippen LogP contribution in [0, 0.1) is 17.5 Å². The number of nitrogens with zero attached hydrogens (tertiary/aromatic N) is 3. The Morgan fingerprint density at radius 3 is 2.48 bits per heavy atom. The van der Waals surface area contributed by atoms with E-state index in [-0.39, 0.29) is 19.1 Å². The molecular formula is C15H17F3N4O2S. The van der Waals surface area contributed by atoms with Crippen molar-refractivity contribution in [3.8, 4) is 0 Å². The number of halogens is 3. The topological polar surface area (TPSA) is 69.3 Å². The molecule has 25 heavy (non-hydrogen) atoms. The molecule has 1 fully saturated rings. The molecule has 0 saturated carbocycles. The van der Waals surface area contributed by atoms with Gasteiger partial charge in [-0.3, -0.25) is 4.90 Å². The molecule has 2 aromatic rings. The Morgan fingerprint density at radius 1 is 1.24 bits per heavy atom. The number of sulfonamides is 1. The molecule has 1 N–H and O–H groups in total. The highest BCUT2D eigenvalue weighted by molar-refractivity contribution is 7.89. The van der Waals surface area contributed by atoms with Gasteiger partial charge in [-0.05, 0) is 18.7 Å². The zero-order valence-corrected chi connectivity index (χ0v) is 14.2. The monoisotopic (exact) mass is 374 g/mol. The predicted octanol–water partition coefficient (Wildman–Crippen LogP) is 1.89. The molecular weight excluding hydrogens is 357 g/mol. The average molecular weight is 374 g/mol. The molecule has 1 aromatic carbocycles. The molecule has 0 amide bonds. The van der Waals surface area contributed by atoms with Gasteiger partial charge >= 0.3 is 0 Å². The maximum atomic E-state index is 13.4. The number of aromatic nitrogens is 2. The summed E-state index contributed by atoms with van der Waals surface area (Å²) in [5, 5.41) is 0. The Hall–Kier alpha value is -1.91. The molecule has 0 spiro atoms. The van der Waals surface area contributed by atoms with Gasteiger partial charge in [0.1, 0.15) is 5.82 Å². The van der Waals surface area contributed by atoms with Crippen molar-refractivity contribution in [3.63, 3.8) is 0 Å². The lowest BCUT2D eigenvalue weighted by atomic mass is 10.2. The fourth-order valence-electron chi connectivity index (χ4n) is 2.94. The number of nitrogens with one attached hydrogen (secondary N) is 1. The lowest BCUT2D eigenvalue weighted by Gasteiger charge is -2.39. The molecule has 1 saturated heterocycles. The standard InChI is InChI=1S/C15H17F3N4O2S/c1-2-21-5-6-22(9-13(21)15-19-3-4-20-15)25(23,24)10-7-11(16)14(18)12(17)8-10/h3-4,7-8,13H,2,5-6,9H2,1H3,(H,19,20)/t13-/m1/s1. The van der Waals surface area contributed by atoms with Gasteiger partial charge in [0.25, 0.3) is 0 Å². The van der Waals surface area contributed by atoms with Crippen LogP contribution in [-0.2, 0) is 10.0 Å². The number of hydrogen-bond donors (Lipinski definition) is 1. The van der Waals surface area contributed by atoms with Crippen molar-refractivity contribution in [2.75, 3.05) is 26.2 Å². The van der Waals surface area contributed by atoms with Crippen molar-refractivity contribution in [3.05, 3.63) is 47.8 Å².